The zero-order chi connectivity index (χ0) is 13.2. The molecule has 0 N–H and O–H groups in total. The van der Waals surface area contributed by atoms with Gasteiger partial charge in [0, 0.05) is 12.2 Å². The van der Waals surface area contributed by atoms with Crippen molar-refractivity contribution in [2.24, 2.45) is 0 Å². The third-order valence-electron chi connectivity index (χ3n) is 2.43. The van der Waals surface area contributed by atoms with Gasteiger partial charge in [0.2, 0.25) is 0 Å². The van der Waals surface area contributed by atoms with Crippen LogP contribution in [0.5, 0.6) is 5.75 Å². The van der Waals surface area contributed by atoms with E-state index < -0.39 is 6.36 Å². The summed E-state index contributed by atoms with van der Waals surface area (Å²) in [5, 5.41) is 0. The summed E-state index contributed by atoms with van der Waals surface area (Å²) in [6, 6.07) is 5.24. The number of amides is 1. The first-order valence-electron chi connectivity index (χ1n) is 5.29. The predicted molar refractivity (Wildman–Crippen MR) is 59.2 cm³/mol. The number of halogens is 3. The number of alkyl halides is 3. The zero-order valence-electron chi connectivity index (χ0n) is 9.28. The first-order valence-corrected chi connectivity index (χ1v) is 5.29. The summed E-state index contributed by atoms with van der Waals surface area (Å²) in [5.41, 5.74) is 0.555. The molecule has 0 spiro atoms. The van der Waals surface area contributed by atoms with Crippen LogP contribution in [-0.4, -0.2) is 18.8 Å². The van der Waals surface area contributed by atoms with Crippen LogP contribution in [-0.2, 0) is 4.79 Å². The molecule has 2 rings (SSSR count). The number of benzene rings is 1. The normalized spacial score (nSPS) is 15.9. The fourth-order valence-electron chi connectivity index (χ4n) is 1.67. The molecule has 1 aromatic carbocycles. The van der Waals surface area contributed by atoms with E-state index in [2.05, 4.69) is 4.74 Å². The Morgan fingerprint density at radius 1 is 1.17 bits per heavy atom. The molecule has 1 aliphatic heterocycles. The number of ether oxygens (including phenoxy) is 1. The molecule has 6 heteroatoms. The third kappa shape index (κ3) is 3.03. The first-order chi connectivity index (χ1) is 8.46. The summed E-state index contributed by atoms with van der Waals surface area (Å²) in [7, 11) is 0. The molecule has 0 fully saturated rings. The molecule has 0 radical (unpaired) electrons. The van der Waals surface area contributed by atoms with Crippen LogP contribution in [0, 0.1) is 0 Å². The lowest BCUT2D eigenvalue weighted by Crippen LogP contribution is -2.32. The van der Waals surface area contributed by atoms with Crippen LogP contribution in [0.2, 0.25) is 0 Å². The average molecular weight is 257 g/mol. The first kappa shape index (κ1) is 12.5. The van der Waals surface area contributed by atoms with E-state index in [1.807, 2.05) is 0 Å². The fourth-order valence-corrected chi connectivity index (χ4v) is 1.67. The smallest absolute Gasteiger partial charge is 0.406 e. The summed E-state index contributed by atoms with van der Waals surface area (Å²) in [4.78, 5) is 13.0. The van der Waals surface area contributed by atoms with Crippen molar-refractivity contribution in [1.29, 1.82) is 0 Å². The third-order valence-corrected chi connectivity index (χ3v) is 2.43. The maximum atomic E-state index is 12.0. The Hall–Kier alpha value is -1.98. The van der Waals surface area contributed by atoms with Gasteiger partial charge in [-0.2, -0.15) is 0 Å². The lowest BCUT2D eigenvalue weighted by Gasteiger charge is -2.23. The van der Waals surface area contributed by atoms with Crippen LogP contribution < -0.4 is 9.64 Å². The number of rotatable bonds is 2. The van der Waals surface area contributed by atoms with Gasteiger partial charge < -0.3 is 9.64 Å². The highest BCUT2D eigenvalue weighted by Gasteiger charge is 2.31. The van der Waals surface area contributed by atoms with Gasteiger partial charge >= 0.3 is 6.36 Å². The minimum absolute atomic E-state index is 0.175. The summed E-state index contributed by atoms with van der Waals surface area (Å²) in [5.74, 6) is -0.475. The maximum Gasteiger partial charge on any atom is 0.573 e. The van der Waals surface area contributed by atoms with Crippen molar-refractivity contribution >= 4 is 11.6 Å². The summed E-state index contributed by atoms with van der Waals surface area (Å²) < 4.78 is 39.6. The molecule has 1 amide bonds. The van der Waals surface area contributed by atoms with Gasteiger partial charge in [0.15, 0.2) is 0 Å². The Morgan fingerprint density at radius 2 is 1.83 bits per heavy atom. The van der Waals surface area contributed by atoms with E-state index in [9.17, 15) is 18.0 Å². The minimum atomic E-state index is -4.70. The van der Waals surface area contributed by atoms with E-state index in [-0.39, 0.29) is 11.7 Å². The highest BCUT2D eigenvalue weighted by Crippen LogP contribution is 2.26. The number of nitrogens with zero attached hydrogens (tertiary/aromatic N) is 1. The molecule has 0 atom stereocenters. The fraction of sp³-hybridized carbons (Fsp3) is 0.250. The Morgan fingerprint density at radius 3 is 2.39 bits per heavy atom. The Balaban J connectivity index is 2.12. The molecule has 0 bridgehead atoms. The highest BCUT2D eigenvalue weighted by atomic mass is 19.4. The van der Waals surface area contributed by atoms with Gasteiger partial charge in [-0.3, -0.25) is 4.79 Å². The molecule has 0 aromatic heterocycles. The van der Waals surface area contributed by atoms with Crippen LogP contribution in [0.25, 0.3) is 0 Å². The second kappa shape index (κ2) is 4.72. The quantitative estimate of drug-likeness (QED) is 0.815. The van der Waals surface area contributed by atoms with Crippen molar-refractivity contribution in [3.8, 4) is 5.75 Å². The van der Waals surface area contributed by atoms with E-state index in [1.165, 1.54) is 35.2 Å². The van der Waals surface area contributed by atoms with Gasteiger partial charge in [0.05, 0.1) is 0 Å². The van der Waals surface area contributed by atoms with Gasteiger partial charge in [-0.1, -0.05) is 6.08 Å². The molecule has 18 heavy (non-hydrogen) atoms. The lowest BCUT2D eigenvalue weighted by atomic mass is 10.2. The molecule has 1 aromatic rings. The molecule has 0 saturated heterocycles. The van der Waals surface area contributed by atoms with Gasteiger partial charge in [-0.05, 0) is 36.8 Å². The van der Waals surface area contributed by atoms with Crippen LogP contribution in [0.4, 0.5) is 18.9 Å². The molecular weight excluding hydrogens is 247 g/mol. The molecule has 0 unspecified atom stereocenters. The average Bonchev–Trinajstić information content (AvgIpc) is 2.29. The number of carbonyl (C=O) groups is 1. The number of hydrogen-bond donors (Lipinski definition) is 0. The van der Waals surface area contributed by atoms with E-state index in [1.54, 1.807) is 6.08 Å². The van der Waals surface area contributed by atoms with Crippen molar-refractivity contribution in [1.82, 2.24) is 0 Å². The summed E-state index contributed by atoms with van der Waals surface area (Å²) in [6.07, 6.45) is -0.763. The number of anilines is 1. The summed E-state index contributed by atoms with van der Waals surface area (Å²) >= 11 is 0. The largest absolute Gasteiger partial charge is 0.573 e. The van der Waals surface area contributed by atoms with Crippen molar-refractivity contribution in [2.45, 2.75) is 12.8 Å². The lowest BCUT2D eigenvalue weighted by molar-refractivity contribution is -0.274. The van der Waals surface area contributed by atoms with Crippen molar-refractivity contribution in [2.75, 3.05) is 11.4 Å². The van der Waals surface area contributed by atoms with Crippen molar-refractivity contribution < 1.29 is 22.7 Å². The highest BCUT2D eigenvalue weighted by molar-refractivity contribution is 6.02. The number of carbonyl (C=O) groups excluding carboxylic acids is 1. The SMILES string of the molecule is O=C1C=CCCN1c1ccc(OC(F)(F)F)cc1. The van der Waals surface area contributed by atoms with Gasteiger partial charge in [-0.25, -0.2) is 0 Å². The van der Waals surface area contributed by atoms with E-state index in [0.29, 0.717) is 12.2 Å². The van der Waals surface area contributed by atoms with Crippen LogP contribution in [0.1, 0.15) is 6.42 Å². The van der Waals surface area contributed by atoms with Crippen LogP contribution in [0.3, 0.4) is 0 Å². The monoisotopic (exact) mass is 257 g/mol. The summed E-state index contributed by atoms with van der Waals surface area (Å²) in [6.45, 7) is 0.523. The van der Waals surface area contributed by atoms with Crippen LogP contribution in [0.15, 0.2) is 36.4 Å². The Bertz CT molecular complexity index is 465. The second-order valence-electron chi connectivity index (χ2n) is 3.72. The van der Waals surface area contributed by atoms with Gasteiger partial charge in [0.25, 0.3) is 5.91 Å². The van der Waals surface area contributed by atoms with E-state index in [4.69, 9.17) is 0 Å². The van der Waals surface area contributed by atoms with E-state index >= 15 is 0 Å². The molecule has 1 heterocycles. The van der Waals surface area contributed by atoms with Crippen molar-refractivity contribution in [3.05, 3.63) is 36.4 Å². The van der Waals surface area contributed by atoms with Crippen LogP contribution >= 0.6 is 0 Å². The van der Waals surface area contributed by atoms with Crippen molar-refractivity contribution in [3.63, 3.8) is 0 Å². The zero-order valence-corrected chi connectivity index (χ0v) is 9.28. The molecule has 96 valence electrons. The molecular formula is C12H10F3NO2. The van der Waals surface area contributed by atoms with Gasteiger partial charge in [-0.15, -0.1) is 13.2 Å². The number of hydrogen-bond acceptors (Lipinski definition) is 2. The predicted octanol–water partition coefficient (Wildman–Crippen LogP) is 2.88. The maximum absolute atomic E-state index is 12.0. The molecule has 0 aliphatic carbocycles. The Labute approximate surface area is 101 Å². The molecule has 3 nitrogen and oxygen atoms in total. The van der Waals surface area contributed by atoms with Gasteiger partial charge in [0.1, 0.15) is 5.75 Å². The second-order valence-corrected chi connectivity index (χ2v) is 3.72. The Kier molecular flexibility index (Phi) is 3.27. The topological polar surface area (TPSA) is 29.5 Å². The molecule has 1 aliphatic rings. The minimum Gasteiger partial charge on any atom is -0.406 e. The molecule has 0 saturated carbocycles. The standard InChI is InChI=1S/C12H10F3NO2/c13-12(14,15)18-10-6-4-9(5-7-10)16-8-2-1-3-11(16)17/h1,3-7H,2,8H2. The van der Waals surface area contributed by atoms with E-state index in [0.717, 1.165) is 6.42 Å².